The van der Waals surface area contributed by atoms with Gasteiger partial charge in [-0.3, -0.25) is 0 Å². The number of rotatable bonds is 11. The molecule has 118 valence electrons. The van der Waals surface area contributed by atoms with E-state index in [4.69, 9.17) is 24.1 Å². The minimum absolute atomic E-state index is 0.0619. The van der Waals surface area contributed by atoms with Crippen molar-refractivity contribution in [2.45, 2.75) is 6.92 Å². The molecule has 0 aliphatic rings. The van der Waals surface area contributed by atoms with Gasteiger partial charge in [-0.15, -0.1) is 0 Å². The first-order valence-electron chi connectivity index (χ1n) is 6.49. The number of ether oxygens (including phenoxy) is 4. The molecule has 1 aromatic rings. The normalized spacial score (nSPS) is 10.6. The van der Waals surface area contributed by atoms with Crippen LogP contribution >= 0.6 is 0 Å². The number of carbonyl (C=O) groups is 1. The zero-order chi connectivity index (χ0) is 15.5. The molecule has 0 amide bonds. The molecule has 0 saturated carbocycles. The molecule has 0 radical (unpaired) electrons. The Morgan fingerprint density at radius 3 is 2.33 bits per heavy atom. The first kappa shape index (κ1) is 17.3. The molecular weight excluding hydrogens is 280 g/mol. The Morgan fingerprint density at radius 1 is 1.14 bits per heavy atom. The van der Waals surface area contributed by atoms with Crippen molar-refractivity contribution < 1.29 is 28.8 Å². The van der Waals surface area contributed by atoms with Gasteiger partial charge < -0.3 is 24.1 Å². The van der Waals surface area contributed by atoms with Crippen molar-refractivity contribution in [3.8, 4) is 6.01 Å². The second kappa shape index (κ2) is 10.0. The lowest BCUT2D eigenvalue weighted by Gasteiger charge is -2.07. The maximum absolute atomic E-state index is 10.8. The summed E-state index contributed by atoms with van der Waals surface area (Å²) in [5, 5.41) is 8.85. The van der Waals surface area contributed by atoms with Crippen molar-refractivity contribution in [3.63, 3.8) is 0 Å². The van der Waals surface area contributed by atoms with Gasteiger partial charge in [0.25, 0.3) is 0 Å². The van der Waals surface area contributed by atoms with Gasteiger partial charge in [0.05, 0.1) is 44.3 Å². The topological polar surface area (TPSA) is 100 Å². The van der Waals surface area contributed by atoms with Crippen LogP contribution in [0.3, 0.4) is 0 Å². The fourth-order valence-electron chi connectivity index (χ4n) is 1.38. The fraction of sp³-hybridized carbons (Fsp3) is 0.615. The largest absolute Gasteiger partial charge is 0.478 e. The summed E-state index contributed by atoms with van der Waals surface area (Å²) in [6, 6.07) is 0.137. The number of nitrogens with zero attached hydrogens (tertiary/aromatic N) is 2. The number of hydrogen-bond acceptors (Lipinski definition) is 7. The van der Waals surface area contributed by atoms with Crippen LogP contribution < -0.4 is 4.74 Å². The summed E-state index contributed by atoms with van der Waals surface area (Å²) in [5.74, 6) is -1.06. The molecule has 0 fully saturated rings. The molecule has 0 aromatic carbocycles. The monoisotopic (exact) mass is 300 g/mol. The van der Waals surface area contributed by atoms with E-state index in [1.54, 1.807) is 14.0 Å². The predicted molar refractivity (Wildman–Crippen MR) is 72.7 cm³/mol. The summed E-state index contributed by atoms with van der Waals surface area (Å²) < 4.78 is 20.6. The number of aromatic carboxylic acids is 1. The highest BCUT2D eigenvalue weighted by atomic mass is 16.6. The van der Waals surface area contributed by atoms with Crippen LogP contribution in [0.2, 0.25) is 0 Å². The molecule has 21 heavy (non-hydrogen) atoms. The molecule has 0 bridgehead atoms. The molecule has 0 atom stereocenters. The lowest BCUT2D eigenvalue weighted by molar-refractivity contribution is 0.0173. The van der Waals surface area contributed by atoms with Crippen molar-refractivity contribution in [1.82, 2.24) is 9.97 Å². The lowest BCUT2D eigenvalue weighted by Crippen LogP contribution is -2.13. The quantitative estimate of drug-likeness (QED) is 0.591. The van der Waals surface area contributed by atoms with Crippen LogP contribution in [0.4, 0.5) is 0 Å². The lowest BCUT2D eigenvalue weighted by atomic mass is 10.2. The molecule has 0 aliphatic heterocycles. The van der Waals surface area contributed by atoms with Crippen LogP contribution in [-0.4, -0.2) is 67.8 Å². The number of carboxylic acid groups (broad SMARTS) is 1. The highest BCUT2D eigenvalue weighted by Crippen LogP contribution is 2.08. The summed E-state index contributed by atoms with van der Waals surface area (Å²) >= 11 is 0. The highest BCUT2D eigenvalue weighted by molar-refractivity contribution is 5.88. The molecule has 1 rings (SSSR count). The first-order valence-corrected chi connectivity index (χ1v) is 6.49. The zero-order valence-electron chi connectivity index (χ0n) is 12.2. The Kier molecular flexibility index (Phi) is 8.25. The standard InChI is InChI=1S/C13H20N2O6/c1-10-11(12(16)17)9-14-13(15-10)21-8-7-20-6-5-19-4-3-18-2/h9H,3-8H2,1-2H3,(H,16,17). The highest BCUT2D eigenvalue weighted by Gasteiger charge is 2.10. The van der Waals surface area contributed by atoms with Gasteiger partial charge in [0.15, 0.2) is 0 Å². The molecule has 0 aliphatic carbocycles. The van der Waals surface area contributed by atoms with E-state index in [1.807, 2.05) is 0 Å². The van der Waals surface area contributed by atoms with E-state index in [1.165, 1.54) is 6.20 Å². The van der Waals surface area contributed by atoms with Gasteiger partial charge in [-0.2, -0.15) is 4.98 Å². The molecule has 1 heterocycles. The number of aromatic nitrogens is 2. The summed E-state index contributed by atoms with van der Waals surface area (Å²) in [5.41, 5.74) is 0.423. The van der Waals surface area contributed by atoms with Crippen molar-refractivity contribution in [2.24, 2.45) is 0 Å². The molecule has 0 unspecified atom stereocenters. The van der Waals surface area contributed by atoms with Crippen molar-refractivity contribution >= 4 is 5.97 Å². The Morgan fingerprint density at radius 2 is 1.76 bits per heavy atom. The van der Waals surface area contributed by atoms with Gasteiger partial charge in [0.2, 0.25) is 0 Å². The van der Waals surface area contributed by atoms with Gasteiger partial charge in [0.1, 0.15) is 6.61 Å². The fourth-order valence-corrected chi connectivity index (χ4v) is 1.38. The third kappa shape index (κ3) is 6.98. The molecule has 1 N–H and O–H groups in total. The molecule has 1 aromatic heterocycles. The van der Waals surface area contributed by atoms with E-state index in [0.717, 1.165) is 0 Å². The van der Waals surface area contributed by atoms with Crippen molar-refractivity contribution in [1.29, 1.82) is 0 Å². The van der Waals surface area contributed by atoms with E-state index < -0.39 is 5.97 Å². The first-order chi connectivity index (χ1) is 10.1. The molecule has 0 saturated heterocycles. The molecule has 0 spiro atoms. The number of aryl methyl sites for hydroxylation is 1. The van der Waals surface area contributed by atoms with E-state index in [9.17, 15) is 4.79 Å². The summed E-state index contributed by atoms with van der Waals surface area (Å²) in [4.78, 5) is 18.6. The summed E-state index contributed by atoms with van der Waals surface area (Å²) in [6.07, 6.45) is 1.23. The van der Waals surface area contributed by atoms with Gasteiger partial charge in [0, 0.05) is 13.3 Å². The van der Waals surface area contributed by atoms with E-state index in [0.29, 0.717) is 38.7 Å². The van der Waals surface area contributed by atoms with Crippen LogP contribution in [-0.2, 0) is 14.2 Å². The van der Waals surface area contributed by atoms with E-state index in [-0.39, 0.29) is 18.2 Å². The second-order valence-corrected chi connectivity index (χ2v) is 4.02. The second-order valence-electron chi connectivity index (χ2n) is 4.02. The maximum Gasteiger partial charge on any atom is 0.339 e. The van der Waals surface area contributed by atoms with Crippen LogP contribution in [0.15, 0.2) is 6.20 Å². The smallest absolute Gasteiger partial charge is 0.339 e. The Bertz CT molecular complexity index is 441. The van der Waals surface area contributed by atoms with Gasteiger partial charge in [-0.25, -0.2) is 9.78 Å². The van der Waals surface area contributed by atoms with Crippen molar-refractivity contribution in [2.75, 3.05) is 46.8 Å². The summed E-state index contributed by atoms with van der Waals surface area (Å²) in [7, 11) is 1.62. The van der Waals surface area contributed by atoms with Crippen LogP contribution in [0, 0.1) is 6.92 Å². The average Bonchev–Trinajstić information content (AvgIpc) is 2.45. The Balaban J connectivity index is 2.13. The SMILES string of the molecule is COCCOCCOCCOc1ncc(C(=O)O)c(C)n1. The van der Waals surface area contributed by atoms with E-state index >= 15 is 0 Å². The molecule has 8 heteroatoms. The van der Waals surface area contributed by atoms with E-state index in [2.05, 4.69) is 9.97 Å². The van der Waals surface area contributed by atoms with Gasteiger partial charge in [-0.05, 0) is 6.92 Å². The van der Waals surface area contributed by atoms with Crippen LogP contribution in [0.5, 0.6) is 6.01 Å². The summed E-state index contributed by atoms with van der Waals surface area (Å²) in [6.45, 7) is 4.30. The number of hydrogen-bond donors (Lipinski definition) is 1. The number of methoxy groups -OCH3 is 1. The predicted octanol–water partition coefficient (Wildman–Crippen LogP) is 0.542. The minimum Gasteiger partial charge on any atom is -0.478 e. The Hall–Kier alpha value is -1.77. The van der Waals surface area contributed by atoms with Gasteiger partial charge in [-0.1, -0.05) is 0 Å². The van der Waals surface area contributed by atoms with Crippen molar-refractivity contribution in [3.05, 3.63) is 17.5 Å². The molecular formula is C13H20N2O6. The zero-order valence-corrected chi connectivity index (χ0v) is 12.2. The van der Waals surface area contributed by atoms with Gasteiger partial charge >= 0.3 is 12.0 Å². The average molecular weight is 300 g/mol. The minimum atomic E-state index is -1.06. The van der Waals surface area contributed by atoms with Crippen LogP contribution in [0.25, 0.3) is 0 Å². The third-order valence-corrected chi connectivity index (χ3v) is 2.45. The number of carboxylic acids is 1. The third-order valence-electron chi connectivity index (χ3n) is 2.45. The Labute approximate surface area is 123 Å². The van der Waals surface area contributed by atoms with Crippen LogP contribution in [0.1, 0.15) is 16.1 Å². The molecule has 8 nitrogen and oxygen atoms in total. The maximum atomic E-state index is 10.8.